The van der Waals surface area contributed by atoms with Crippen LogP contribution in [0.25, 0.3) is 0 Å². The Morgan fingerprint density at radius 1 is 1.19 bits per heavy atom. The molecular weight excluding hydrogens is 460 g/mol. The van der Waals surface area contributed by atoms with Crippen molar-refractivity contribution in [3.05, 3.63) is 56.9 Å². The molecule has 1 aliphatic heterocycles. The minimum Gasteiger partial charge on any atom is -0.387 e. The highest BCUT2D eigenvalue weighted by atomic mass is 127. The second-order valence-electron chi connectivity index (χ2n) is 6.43. The van der Waals surface area contributed by atoms with E-state index >= 15 is 0 Å². The van der Waals surface area contributed by atoms with Crippen LogP contribution >= 0.6 is 22.6 Å². The zero-order valence-corrected chi connectivity index (χ0v) is 16.1. The van der Waals surface area contributed by atoms with Crippen LogP contribution in [-0.2, 0) is 0 Å². The molecule has 0 spiro atoms. The normalized spacial score (nSPS) is 17.7. The van der Waals surface area contributed by atoms with Crippen LogP contribution in [0.15, 0.2) is 30.3 Å². The number of aliphatic hydroxyl groups excluding tert-OH is 1. The summed E-state index contributed by atoms with van der Waals surface area (Å²) in [4.78, 5) is 1.53. The van der Waals surface area contributed by atoms with Crippen molar-refractivity contribution in [2.24, 2.45) is 0 Å². The van der Waals surface area contributed by atoms with Crippen molar-refractivity contribution in [2.75, 3.05) is 18.4 Å². The standard InChI is InChI=1S/C18H18F3IN2O2/c1-2-18(26)8-24(9-18)17(25)11-4-5-12(19)15(21)16(11)23-14-6-3-10(22)7-13(14)20/h3-7,17,23,25-26H,2,8-9H2,1H3. The van der Waals surface area contributed by atoms with E-state index in [0.29, 0.717) is 9.99 Å². The average molecular weight is 478 g/mol. The fourth-order valence-corrected chi connectivity index (χ4v) is 3.39. The Kier molecular flexibility index (Phi) is 5.48. The first-order valence-electron chi connectivity index (χ1n) is 8.08. The summed E-state index contributed by atoms with van der Waals surface area (Å²) < 4.78 is 42.9. The van der Waals surface area contributed by atoms with Crippen molar-refractivity contribution >= 4 is 34.0 Å². The van der Waals surface area contributed by atoms with Gasteiger partial charge >= 0.3 is 0 Å². The molecule has 1 saturated heterocycles. The lowest BCUT2D eigenvalue weighted by Crippen LogP contribution is -2.62. The SMILES string of the molecule is CCC1(O)CN(C(O)c2ccc(F)c(F)c2Nc2ccc(I)cc2F)C1. The fraction of sp³-hybridized carbons (Fsp3) is 0.333. The molecule has 0 radical (unpaired) electrons. The van der Waals surface area contributed by atoms with Crippen molar-refractivity contribution in [3.8, 4) is 0 Å². The zero-order valence-electron chi connectivity index (χ0n) is 13.9. The predicted octanol–water partition coefficient (Wildman–Crippen LogP) is 3.90. The topological polar surface area (TPSA) is 55.7 Å². The van der Waals surface area contributed by atoms with Gasteiger partial charge in [-0.25, -0.2) is 13.2 Å². The van der Waals surface area contributed by atoms with Gasteiger partial charge < -0.3 is 15.5 Å². The van der Waals surface area contributed by atoms with Gasteiger partial charge in [0.05, 0.1) is 17.0 Å². The first-order chi connectivity index (χ1) is 12.2. The predicted molar refractivity (Wildman–Crippen MR) is 101 cm³/mol. The molecule has 140 valence electrons. The summed E-state index contributed by atoms with van der Waals surface area (Å²) in [5.41, 5.74) is -1.18. The molecule has 0 amide bonds. The molecule has 26 heavy (non-hydrogen) atoms. The van der Waals surface area contributed by atoms with E-state index in [4.69, 9.17) is 0 Å². The number of rotatable bonds is 5. The molecule has 1 aliphatic rings. The highest BCUT2D eigenvalue weighted by Gasteiger charge is 2.43. The zero-order chi connectivity index (χ0) is 19.1. The monoisotopic (exact) mass is 478 g/mol. The number of benzene rings is 2. The molecule has 0 aliphatic carbocycles. The molecule has 2 aromatic rings. The minimum atomic E-state index is -1.26. The van der Waals surface area contributed by atoms with Crippen LogP contribution in [0.5, 0.6) is 0 Å². The third-order valence-corrected chi connectivity index (χ3v) is 5.27. The minimum absolute atomic E-state index is 0.0305. The van der Waals surface area contributed by atoms with Gasteiger partial charge in [0.15, 0.2) is 11.6 Å². The second kappa shape index (κ2) is 7.34. The van der Waals surface area contributed by atoms with Gasteiger partial charge in [0.2, 0.25) is 0 Å². The first-order valence-corrected chi connectivity index (χ1v) is 9.16. The maximum absolute atomic E-state index is 14.4. The van der Waals surface area contributed by atoms with E-state index in [1.807, 2.05) is 29.5 Å². The molecular formula is C18H18F3IN2O2. The molecule has 1 atom stereocenters. The van der Waals surface area contributed by atoms with Gasteiger partial charge in [-0.05, 0) is 59.3 Å². The Morgan fingerprint density at radius 2 is 1.88 bits per heavy atom. The van der Waals surface area contributed by atoms with E-state index in [2.05, 4.69) is 5.32 Å². The number of hydrogen-bond acceptors (Lipinski definition) is 4. The van der Waals surface area contributed by atoms with Gasteiger partial charge in [-0.2, -0.15) is 0 Å². The highest BCUT2D eigenvalue weighted by molar-refractivity contribution is 14.1. The third kappa shape index (κ3) is 3.68. The summed E-state index contributed by atoms with van der Waals surface area (Å²) >= 11 is 1.94. The Morgan fingerprint density at radius 3 is 2.50 bits per heavy atom. The maximum Gasteiger partial charge on any atom is 0.182 e. The van der Waals surface area contributed by atoms with Crippen LogP contribution in [0.2, 0.25) is 0 Å². The summed E-state index contributed by atoms with van der Waals surface area (Å²) in [5, 5.41) is 23.2. The van der Waals surface area contributed by atoms with Gasteiger partial charge in [-0.15, -0.1) is 0 Å². The van der Waals surface area contributed by atoms with Crippen molar-refractivity contribution in [1.82, 2.24) is 4.90 Å². The molecule has 0 bridgehead atoms. The van der Waals surface area contributed by atoms with Crippen molar-refractivity contribution in [1.29, 1.82) is 0 Å². The van der Waals surface area contributed by atoms with Gasteiger partial charge in [-0.1, -0.05) is 6.92 Å². The highest BCUT2D eigenvalue weighted by Crippen LogP contribution is 2.37. The Bertz CT molecular complexity index is 828. The molecule has 1 fully saturated rings. The summed E-state index contributed by atoms with van der Waals surface area (Å²) in [6, 6.07) is 6.45. The number of likely N-dealkylation sites (tertiary alicyclic amines) is 1. The third-order valence-electron chi connectivity index (χ3n) is 4.59. The van der Waals surface area contributed by atoms with E-state index in [1.165, 1.54) is 23.1 Å². The molecule has 4 nitrogen and oxygen atoms in total. The Hall–Kier alpha value is -1.36. The average Bonchev–Trinajstić information content (AvgIpc) is 2.57. The van der Waals surface area contributed by atoms with Crippen LogP contribution in [0.3, 0.4) is 0 Å². The van der Waals surface area contributed by atoms with E-state index in [1.54, 1.807) is 6.07 Å². The molecule has 8 heteroatoms. The van der Waals surface area contributed by atoms with E-state index in [-0.39, 0.29) is 30.0 Å². The number of nitrogens with one attached hydrogen (secondary N) is 1. The van der Waals surface area contributed by atoms with Crippen molar-refractivity contribution in [2.45, 2.75) is 25.2 Å². The summed E-state index contributed by atoms with van der Waals surface area (Å²) in [6.45, 7) is 2.25. The summed E-state index contributed by atoms with van der Waals surface area (Å²) in [6.07, 6.45) is -0.737. The largest absolute Gasteiger partial charge is 0.387 e. The van der Waals surface area contributed by atoms with Crippen molar-refractivity contribution < 1.29 is 23.4 Å². The summed E-state index contributed by atoms with van der Waals surface area (Å²) in [5.74, 6) is -2.93. The molecule has 1 heterocycles. The number of halogens is 4. The van der Waals surface area contributed by atoms with Gasteiger partial charge in [-0.3, -0.25) is 4.90 Å². The Labute approximate surface area is 162 Å². The number of anilines is 2. The van der Waals surface area contributed by atoms with Crippen LogP contribution in [0, 0.1) is 21.0 Å². The lowest BCUT2D eigenvalue weighted by Gasteiger charge is -2.48. The van der Waals surface area contributed by atoms with Crippen LogP contribution in [0.1, 0.15) is 25.1 Å². The van der Waals surface area contributed by atoms with E-state index < -0.39 is 29.3 Å². The van der Waals surface area contributed by atoms with Gasteiger partial charge in [0.1, 0.15) is 12.0 Å². The smallest absolute Gasteiger partial charge is 0.182 e. The van der Waals surface area contributed by atoms with E-state index in [0.717, 1.165) is 6.07 Å². The number of β-amino-alcohol motifs (C(OH)–C–C–N with tert-alkyl or cyclic N) is 1. The van der Waals surface area contributed by atoms with Gasteiger partial charge in [0.25, 0.3) is 0 Å². The van der Waals surface area contributed by atoms with Crippen LogP contribution < -0.4 is 5.32 Å². The molecule has 0 saturated carbocycles. The van der Waals surface area contributed by atoms with Gasteiger partial charge in [0, 0.05) is 22.2 Å². The number of aliphatic hydroxyl groups is 2. The molecule has 0 aromatic heterocycles. The first kappa shape index (κ1) is 19.4. The Balaban J connectivity index is 1.93. The lowest BCUT2D eigenvalue weighted by atomic mass is 9.90. The summed E-state index contributed by atoms with van der Waals surface area (Å²) in [7, 11) is 0. The quantitative estimate of drug-likeness (QED) is 0.571. The number of nitrogens with zero attached hydrogens (tertiary/aromatic N) is 1. The van der Waals surface area contributed by atoms with Crippen LogP contribution in [-0.4, -0.2) is 33.8 Å². The molecule has 2 aromatic carbocycles. The number of hydrogen-bond donors (Lipinski definition) is 3. The maximum atomic E-state index is 14.4. The van der Waals surface area contributed by atoms with Crippen molar-refractivity contribution in [3.63, 3.8) is 0 Å². The molecule has 1 unspecified atom stereocenters. The molecule has 3 rings (SSSR count). The fourth-order valence-electron chi connectivity index (χ4n) is 2.94. The second-order valence-corrected chi connectivity index (χ2v) is 7.68. The lowest BCUT2D eigenvalue weighted by molar-refractivity contribution is -0.163. The molecule has 3 N–H and O–H groups in total. The van der Waals surface area contributed by atoms with E-state index in [9.17, 15) is 23.4 Å². The van der Waals surface area contributed by atoms with Crippen LogP contribution in [0.4, 0.5) is 24.5 Å².